The SMILES string of the molecule is Clc1ccc(N/N=C2\C[C@H]3C=CC[C@H]23)nn1. The van der Waals surface area contributed by atoms with E-state index in [4.69, 9.17) is 11.6 Å². The van der Waals surface area contributed by atoms with Gasteiger partial charge in [0.05, 0.1) is 0 Å². The van der Waals surface area contributed by atoms with Gasteiger partial charge in [-0.2, -0.15) is 5.10 Å². The van der Waals surface area contributed by atoms with E-state index in [0.717, 1.165) is 18.8 Å². The number of fused-ring (bicyclic) bond motifs is 1. The molecule has 3 rings (SSSR count). The summed E-state index contributed by atoms with van der Waals surface area (Å²) in [7, 11) is 0. The Morgan fingerprint density at radius 3 is 3.06 bits per heavy atom. The Morgan fingerprint density at radius 2 is 2.31 bits per heavy atom. The van der Waals surface area contributed by atoms with Crippen LogP contribution >= 0.6 is 11.6 Å². The number of anilines is 1. The summed E-state index contributed by atoms with van der Waals surface area (Å²) >= 11 is 5.64. The summed E-state index contributed by atoms with van der Waals surface area (Å²) in [5.41, 5.74) is 4.14. The second-order valence-corrected chi connectivity index (χ2v) is 4.48. The van der Waals surface area contributed by atoms with Gasteiger partial charge in [-0.3, -0.25) is 5.43 Å². The average Bonchev–Trinajstić information content (AvgIpc) is 2.63. The summed E-state index contributed by atoms with van der Waals surface area (Å²) < 4.78 is 0. The lowest BCUT2D eigenvalue weighted by Gasteiger charge is -2.31. The monoisotopic (exact) mass is 234 g/mol. The van der Waals surface area contributed by atoms with E-state index in [9.17, 15) is 0 Å². The van der Waals surface area contributed by atoms with Crippen molar-refractivity contribution >= 4 is 23.1 Å². The number of nitrogens with zero attached hydrogens (tertiary/aromatic N) is 3. The summed E-state index contributed by atoms with van der Waals surface area (Å²) in [6, 6.07) is 3.46. The Bertz CT molecular complexity index is 452. The topological polar surface area (TPSA) is 50.2 Å². The fraction of sp³-hybridized carbons (Fsp3) is 0.364. The van der Waals surface area contributed by atoms with E-state index in [1.165, 1.54) is 5.71 Å². The van der Waals surface area contributed by atoms with E-state index in [1.807, 2.05) is 0 Å². The van der Waals surface area contributed by atoms with Crippen LogP contribution in [0.15, 0.2) is 29.4 Å². The predicted octanol–water partition coefficient (Wildman–Crippen LogP) is 2.49. The van der Waals surface area contributed by atoms with Gasteiger partial charge in [0.1, 0.15) is 0 Å². The highest BCUT2D eigenvalue weighted by molar-refractivity contribution is 6.29. The van der Waals surface area contributed by atoms with Crippen molar-refractivity contribution in [3.63, 3.8) is 0 Å². The molecule has 1 saturated carbocycles. The maximum absolute atomic E-state index is 5.64. The van der Waals surface area contributed by atoms with Crippen molar-refractivity contribution in [1.29, 1.82) is 0 Å². The Labute approximate surface area is 98.4 Å². The first-order valence-corrected chi connectivity index (χ1v) is 5.69. The molecule has 0 bridgehead atoms. The fourth-order valence-electron chi connectivity index (χ4n) is 2.17. The van der Waals surface area contributed by atoms with Crippen LogP contribution in [-0.2, 0) is 0 Å². The third kappa shape index (κ3) is 1.69. The van der Waals surface area contributed by atoms with E-state index < -0.39 is 0 Å². The van der Waals surface area contributed by atoms with Crippen molar-refractivity contribution in [2.24, 2.45) is 16.9 Å². The maximum atomic E-state index is 5.64. The highest BCUT2D eigenvalue weighted by Gasteiger charge is 2.37. The number of hydrogen-bond donors (Lipinski definition) is 1. The predicted molar refractivity (Wildman–Crippen MR) is 63.5 cm³/mol. The van der Waals surface area contributed by atoms with Crippen molar-refractivity contribution in [3.8, 4) is 0 Å². The molecule has 2 aliphatic rings. The lowest BCUT2D eigenvalue weighted by Crippen LogP contribution is -2.33. The third-order valence-electron chi connectivity index (χ3n) is 3.11. The Hall–Kier alpha value is -1.42. The summed E-state index contributed by atoms with van der Waals surface area (Å²) in [5.74, 6) is 1.97. The smallest absolute Gasteiger partial charge is 0.168 e. The summed E-state index contributed by atoms with van der Waals surface area (Å²) in [5, 5.41) is 12.4. The fourth-order valence-corrected chi connectivity index (χ4v) is 2.27. The molecule has 0 saturated heterocycles. The van der Waals surface area contributed by atoms with Crippen molar-refractivity contribution in [2.45, 2.75) is 12.8 Å². The van der Waals surface area contributed by atoms with Gasteiger partial charge < -0.3 is 0 Å². The molecule has 0 radical (unpaired) electrons. The van der Waals surface area contributed by atoms with E-state index in [1.54, 1.807) is 12.1 Å². The molecule has 0 aliphatic heterocycles. The Kier molecular flexibility index (Phi) is 2.36. The van der Waals surface area contributed by atoms with Gasteiger partial charge >= 0.3 is 0 Å². The number of hydrazone groups is 1. The number of hydrogen-bond acceptors (Lipinski definition) is 4. The number of allylic oxidation sites excluding steroid dienone is 2. The second-order valence-electron chi connectivity index (χ2n) is 4.09. The van der Waals surface area contributed by atoms with Gasteiger partial charge in [-0.05, 0) is 30.9 Å². The molecule has 82 valence electrons. The maximum Gasteiger partial charge on any atom is 0.168 e. The number of nitrogens with one attached hydrogen (secondary N) is 1. The van der Waals surface area contributed by atoms with Crippen LogP contribution in [-0.4, -0.2) is 15.9 Å². The lowest BCUT2D eigenvalue weighted by molar-refractivity contribution is 0.466. The summed E-state index contributed by atoms with van der Waals surface area (Å²) in [6.45, 7) is 0. The second kappa shape index (κ2) is 3.87. The highest BCUT2D eigenvalue weighted by Crippen LogP contribution is 2.40. The minimum atomic E-state index is 0.391. The largest absolute Gasteiger partial charge is 0.260 e. The molecule has 1 aromatic rings. The van der Waals surface area contributed by atoms with E-state index in [2.05, 4.69) is 32.9 Å². The van der Waals surface area contributed by atoms with Crippen LogP contribution in [0, 0.1) is 11.8 Å². The van der Waals surface area contributed by atoms with Gasteiger partial charge in [-0.1, -0.05) is 23.8 Å². The Balaban J connectivity index is 1.64. The van der Waals surface area contributed by atoms with Crippen LogP contribution in [0.2, 0.25) is 5.15 Å². The van der Waals surface area contributed by atoms with E-state index in [0.29, 0.717) is 16.9 Å². The first kappa shape index (κ1) is 9.78. The normalized spacial score (nSPS) is 28.9. The lowest BCUT2D eigenvalue weighted by atomic mass is 9.74. The molecule has 1 heterocycles. The summed E-state index contributed by atoms with van der Waals surface area (Å²) in [6.07, 6.45) is 6.71. The van der Waals surface area contributed by atoms with Crippen LogP contribution < -0.4 is 5.43 Å². The molecule has 5 heteroatoms. The number of aromatic nitrogens is 2. The van der Waals surface area contributed by atoms with Gasteiger partial charge in [0.15, 0.2) is 11.0 Å². The van der Waals surface area contributed by atoms with Crippen LogP contribution in [0.3, 0.4) is 0 Å². The minimum Gasteiger partial charge on any atom is -0.260 e. The molecule has 0 aromatic carbocycles. The number of halogens is 1. The first-order valence-electron chi connectivity index (χ1n) is 5.31. The van der Waals surface area contributed by atoms with E-state index >= 15 is 0 Å². The van der Waals surface area contributed by atoms with Gasteiger partial charge in [0, 0.05) is 11.6 Å². The molecular formula is C11H11ClN4. The molecule has 1 aromatic heterocycles. The molecule has 16 heavy (non-hydrogen) atoms. The zero-order chi connectivity index (χ0) is 11.0. The van der Waals surface area contributed by atoms with E-state index in [-0.39, 0.29) is 0 Å². The molecule has 1 fully saturated rings. The highest BCUT2D eigenvalue weighted by atomic mass is 35.5. The first-order chi connectivity index (χ1) is 7.83. The zero-order valence-electron chi connectivity index (χ0n) is 8.60. The molecule has 0 amide bonds. The standard InChI is InChI=1S/C11H11ClN4/c12-10-4-5-11(16-14-10)15-13-9-6-7-2-1-3-8(7)9/h1-2,4-5,7-8H,3,6H2,(H,15,16)/b13-9+/t7-,8+/m1/s1. The summed E-state index contributed by atoms with van der Waals surface area (Å²) in [4.78, 5) is 0. The number of rotatable bonds is 2. The molecule has 1 N–H and O–H groups in total. The molecule has 4 nitrogen and oxygen atoms in total. The van der Waals surface area contributed by atoms with Crippen LogP contribution in [0.4, 0.5) is 5.82 Å². The van der Waals surface area contributed by atoms with Crippen molar-refractivity contribution in [1.82, 2.24) is 10.2 Å². The average molecular weight is 235 g/mol. The molecule has 2 aliphatic carbocycles. The quantitative estimate of drug-likeness (QED) is 0.632. The van der Waals surface area contributed by atoms with Gasteiger partial charge in [-0.25, -0.2) is 0 Å². The Morgan fingerprint density at radius 1 is 1.38 bits per heavy atom. The molecule has 0 spiro atoms. The molecular weight excluding hydrogens is 224 g/mol. The van der Waals surface area contributed by atoms with Crippen LogP contribution in [0.5, 0.6) is 0 Å². The van der Waals surface area contributed by atoms with Gasteiger partial charge in [0.25, 0.3) is 0 Å². The molecule has 0 unspecified atom stereocenters. The van der Waals surface area contributed by atoms with Crippen LogP contribution in [0.1, 0.15) is 12.8 Å². The van der Waals surface area contributed by atoms with Gasteiger partial charge in [-0.15, -0.1) is 10.2 Å². The zero-order valence-corrected chi connectivity index (χ0v) is 9.35. The third-order valence-corrected chi connectivity index (χ3v) is 3.31. The van der Waals surface area contributed by atoms with Gasteiger partial charge in [0.2, 0.25) is 0 Å². The van der Waals surface area contributed by atoms with Crippen LogP contribution in [0.25, 0.3) is 0 Å². The minimum absolute atomic E-state index is 0.391. The van der Waals surface area contributed by atoms with Crippen molar-refractivity contribution in [2.75, 3.05) is 5.43 Å². The van der Waals surface area contributed by atoms with Crippen molar-refractivity contribution in [3.05, 3.63) is 29.4 Å². The van der Waals surface area contributed by atoms with Crippen molar-refractivity contribution < 1.29 is 0 Å². The molecule has 2 atom stereocenters.